The van der Waals surface area contributed by atoms with Gasteiger partial charge < -0.3 is 24.1 Å². The van der Waals surface area contributed by atoms with E-state index in [4.69, 9.17) is 13.9 Å². The summed E-state index contributed by atoms with van der Waals surface area (Å²) in [4.78, 5) is 38.3. The summed E-state index contributed by atoms with van der Waals surface area (Å²) in [6.45, 7) is 3.77. The van der Waals surface area contributed by atoms with Crippen LogP contribution in [0, 0.1) is 6.92 Å². The molecule has 0 saturated heterocycles. The molecule has 0 radical (unpaired) electrons. The molecule has 8 nitrogen and oxygen atoms in total. The van der Waals surface area contributed by atoms with Crippen molar-refractivity contribution in [1.82, 2.24) is 4.90 Å². The van der Waals surface area contributed by atoms with Crippen LogP contribution in [0.1, 0.15) is 28.6 Å². The molecule has 8 heteroatoms. The lowest BCUT2D eigenvalue weighted by atomic mass is 10.1. The zero-order chi connectivity index (χ0) is 23.1. The highest BCUT2D eigenvalue weighted by Crippen LogP contribution is 2.27. The number of nitrogens with one attached hydrogen (secondary N) is 1. The largest absolute Gasteiger partial charge is 0.450 e. The lowest BCUT2D eigenvalue weighted by Gasteiger charge is -2.16. The summed E-state index contributed by atoms with van der Waals surface area (Å²) >= 11 is 0. The first-order chi connectivity index (χ1) is 15.4. The molecule has 0 spiro atoms. The Hall–Kier alpha value is -3.65. The van der Waals surface area contributed by atoms with Gasteiger partial charge in [-0.25, -0.2) is 4.79 Å². The Morgan fingerprint density at radius 1 is 1.06 bits per heavy atom. The monoisotopic (exact) mass is 438 g/mol. The molecule has 32 heavy (non-hydrogen) atoms. The number of ether oxygens (including phenoxy) is 2. The summed E-state index contributed by atoms with van der Waals surface area (Å²) in [5.41, 5.74) is 2.82. The van der Waals surface area contributed by atoms with Crippen molar-refractivity contribution in [3.63, 3.8) is 0 Å². The number of carbonyl (C=O) groups is 3. The first kappa shape index (κ1) is 23.0. The topological polar surface area (TPSA) is 98.1 Å². The van der Waals surface area contributed by atoms with Gasteiger partial charge in [0.1, 0.15) is 5.58 Å². The van der Waals surface area contributed by atoms with Crippen molar-refractivity contribution in [3.8, 4) is 0 Å². The van der Waals surface area contributed by atoms with Gasteiger partial charge in [-0.3, -0.25) is 9.59 Å². The van der Waals surface area contributed by atoms with E-state index < -0.39 is 18.5 Å². The van der Waals surface area contributed by atoms with E-state index in [1.54, 1.807) is 24.3 Å². The Morgan fingerprint density at radius 3 is 2.50 bits per heavy atom. The van der Waals surface area contributed by atoms with E-state index in [0.29, 0.717) is 23.4 Å². The van der Waals surface area contributed by atoms with Gasteiger partial charge in [0, 0.05) is 30.3 Å². The number of nitrogens with zero attached hydrogens (tertiary/aromatic N) is 1. The second-order valence-corrected chi connectivity index (χ2v) is 7.28. The Labute approximate surface area is 186 Å². The quantitative estimate of drug-likeness (QED) is 0.513. The van der Waals surface area contributed by atoms with Crippen LogP contribution in [0.15, 0.2) is 52.9 Å². The van der Waals surface area contributed by atoms with Crippen molar-refractivity contribution in [2.45, 2.75) is 20.5 Å². The van der Waals surface area contributed by atoms with E-state index in [1.807, 2.05) is 38.1 Å². The van der Waals surface area contributed by atoms with Gasteiger partial charge in [-0.05, 0) is 32.0 Å². The van der Waals surface area contributed by atoms with Crippen LogP contribution < -0.4 is 5.32 Å². The fourth-order valence-electron chi connectivity index (χ4n) is 3.06. The molecule has 0 aliphatic heterocycles. The molecule has 0 bridgehead atoms. The maximum Gasteiger partial charge on any atom is 0.375 e. The molecular weight excluding hydrogens is 412 g/mol. The van der Waals surface area contributed by atoms with Crippen LogP contribution in [-0.2, 0) is 25.7 Å². The normalized spacial score (nSPS) is 10.7. The Balaban J connectivity index is 1.57. The predicted molar refractivity (Wildman–Crippen MR) is 119 cm³/mol. The van der Waals surface area contributed by atoms with E-state index in [-0.39, 0.29) is 24.8 Å². The Morgan fingerprint density at radius 2 is 1.78 bits per heavy atom. The lowest BCUT2D eigenvalue weighted by molar-refractivity contribution is -0.136. The molecule has 0 atom stereocenters. The number of benzene rings is 2. The maximum absolute atomic E-state index is 12.6. The van der Waals surface area contributed by atoms with E-state index in [9.17, 15) is 14.4 Å². The van der Waals surface area contributed by atoms with Crippen LogP contribution in [0.2, 0.25) is 0 Å². The highest BCUT2D eigenvalue weighted by molar-refractivity contribution is 5.97. The zero-order valence-electron chi connectivity index (χ0n) is 18.3. The highest BCUT2D eigenvalue weighted by atomic mass is 16.5. The zero-order valence-corrected chi connectivity index (χ0v) is 18.3. The number of carbonyl (C=O) groups excluding carboxylic acids is 3. The summed E-state index contributed by atoms with van der Waals surface area (Å²) in [7, 11) is 1.46. The molecule has 1 N–H and O–H groups in total. The molecule has 2 amide bonds. The van der Waals surface area contributed by atoms with Crippen molar-refractivity contribution in [3.05, 3.63) is 65.4 Å². The molecule has 3 aromatic rings. The minimum atomic E-state index is -0.762. The average Bonchev–Trinajstić information content (AvgIpc) is 3.15. The summed E-state index contributed by atoms with van der Waals surface area (Å²) in [6.07, 6.45) is 0. The van der Waals surface area contributed by atoms with Gasteiger partial charge in [-0.2, -0.15) is 0 Å². The number of furan rings is 1. The van der Waals surface area contributed by atoms with Crippen LogP contribution in [0.5, 0.6) is 0 Å². The van der Waals surface area contributed by atoms with Gasteiger partial charge >= 0.3 is 5.97 Å². The molecule has 0 aliphatic carbocycles. The number of aryl methyl sites for hydroxylation is 1. The number of anilines is 1. The van der Waals surface area contributed by atoms with Crippen molar-refractivity contribution < 1.29 is 28.3 Å². The fourth-order valence-corrected chi connectivity index (χ4v) is 3.06. The van der Waals surface area contributed by atoms with Gasteiger partial charge in [0.15, 0.2) is 6.61 Å². The molecule has 0 saturated carbocycles. The van der Waals surface area contributed by atoms with Gasteiger partial charge in [0.05, 0.1) is 13.2 Å². The SMILES string of the molecule is CCOCc1c(C(=O)OCC(=O)N(C)CC(=O)Nc2ccc(C)cc2)oc2ccccc12. The third-order valence-electron chi connectivity index (χ3n) is 4.80. The summed E-state index contributed by atoms with van der Waals surface area (Å²) < 4.78 is 16.3. The molecule has 0 aliphatic rings. The van der Waals surface area contributed by atoms with Gasteiger partial charge in [0.25, 0.3) is 5.91 Å². The van der Waals surface area contributed by atoms with Gasteiger partial charge in [-0.15, -0.1) is 0 Å². The summed E-state index contributed by atoms with van der Waals surface area (Å²) in [5, 5.41) is 3.47. The van der Waals surface area contributed by atoms with E-state index in [1.165, 1.54) is 11.9 Å². The van der Waals surface area contributed by atoms with Crippen LogP contribution in [0.4, 0.5) is 5.69 Å². The molecule has 3 rings (SSSR count). The predicted octanol–water partition coefficient (Wildman–Crippen LogP) is 3.53. The maximum atomic E-state index is 12.6. The second kappa shape index (κ2) is 10.6. The minimum absolute atomic E-state index is 0.00668. The van der Waals surface area contributed by atoms with Gasteiger partial charge in [-0.1, -0.05) is 35.9 Å². The van der Waals surface area contributed by atoms with Crippen LogP contribution in [-0.4, -0.2) is 49.5 Å². The fraction of sp³-hybridized carbons (Fsp3) is 0.292. The number of hydrogen-bond acceptors (Lipinski definition) is 6. The molecule has 2 aromatic carbocycles. The first-order valence-corrected chi connectivity index (χ1v) is 10.2. The summed E-state index contributed by atoms with van der Waals surface area (Å²) in [6, 6.07) is 14.5. The van der Waals surface area contributed by atoms with E-state index in [0.717, 1.165) is 10.9 Å². The third-order valence-corrected chi connectivity index (χ3v) is 4.80. The number of esters is 1. The van der Waals surface area contributed by atoms with Crippen LogP contribution in [0.3, 0.4) is 0 Å². The van der Waals surface area contributed by atoms with E-state index >= 15 is 0 Å². The summed E-state index contributed by atoms with van der Waals surface area (Å²) in [5.74, 6) is -1.62. The van der Waals surface area contributed by atoms with Crippen molar-refractivity contribution in [2.24, 2.45) is 0 Å². The number of likely N-dealkylation sites (N-methyl/N-ethyl adjacent to an activating group) is 1. The van der Waals surface area contributed by atoms with Crippen molar-refractivity contribution >= 4 is 34.4 Å². The molecule has 1 aromatic heterocycles. The van der Waals surface area contributed by atoms with E-state index in [2.05, 4.69) is 5.32 Å². The van der Waals surface area contributed by atoms with Crippen LogP contribution >= 0.6 is 0 Å². The second-order valence-electron chi connectivity index (χ2n) is 7.28. The smallest absolute Gasteiger partial charge is 0.375 e. The Bertz CT molecular complexity index is 1100. The van der Waals surface area contributed by atoms with Gasteiger partial charge in [0.2, 0.25) is 11.7 Å². The molecule has 1 heterocycles. The standard InChI is InChI=1S/C24H26N2O6/c1-4-30-14-19-18-7-5-6-8-20(18)32-23(19)24(29)31-15-22(28)26(3)13-21(27)25-17-11-9-16(2)10-12-17/h5-12H,4,13-15H2,1-3H3,(H,25,27). The minimum Gasteiger partial charge on any atom is -0.450 e. The third kappa shape index (κ3) is 5.73. The highest BCUT2D eigenvalue weighted by Gasteiger charge is 2.23. The number of rotatable bonds is 9. The number of fused-ring (bicyclic) bond motifs is 1. The molecule has 0 unspecified atom stereocenters. The molecular formula is C24H26N2O6. The number of hydrogen-bond donors (Lipinski definition) is 1. The molecule has 0 fully saturated rings. The average molecular weight is 438 g/mol. The molecule has 168 valence electrons. The Kier molecular flexibility index (Phi) is 7.62. The lowest BCUT2D eigenvalue weighted by Crippen LogP contribution is -2.37. The number of amides is 2. The van der Waals surface area contributed by atoms with Crippen molar-refractivity contribution in [1.29, 1.82) is 0 Å². The van der Waals surface area contributed by atoms with Crippen molar-refractivity contribution in [2.75, 3.05) is 32.1 Å². The number of para-hydroxylation sites is 1. The first-order valence-electron chi connectivity index (χ1n) is 10.2. The van der Waals surface area contributed by atoms with Crippen LogP contribution in [0.25, 0.3) is 11.0 Å².